The summed E-state index contributed by atoms with van der Waals surface area (Å²) in [6.07, 6.45) is 1.91. The smallest absolute Gasteiger partial charge is 0.243 e. The fourth-order valence-corrected chi connectivity index (χ4v) is 5.77. The van der Waals surface area contributed by atoms with Crippen LogP contribution in [0.3, 0.4) is 0 Å². The quantitative estimate of drug-likeness (QED) is 0.193. The minimum Gasteiger partial charge on any atom is -0.497 e. The van der Waals surface area contributed by atoms with Gasteiger partial charge in [-0.2, -0.15) is 4.31 Å². The van der Waals surface area contributed by atoms with Crippen molar-refractivity contribution in [1.29, 1.82) is 0 Å². The number of hydrogen-bond acceptors (Lipinski definition) is 6. The molecule has 1 atom stereocenters. The number of amides is 2. The number of carbonyl (C=O) groups is 2. The molecule has 0 fully saturated rings. The normalized spacial score (nSPS) is 11.9. The molecule has 0 aromatic heterocycles. The van der Waals surface area contributed by atoms with Gasteiger partial charge in [-0.15, -0.1) is 0 Å². The van der Waals surface area contributed by atoms with Gasteiger partial charge >= 0.3 is 0 Å². The van der Waals surface area contributed by atoms with Crippen LogP contribution in [-0.2, 0) is 45.5 Å². The second kappa shape index (κ2) is 16.6. The number of ether oxygens (including phenoxy) is 2. The minimum atomic E-state index is -3.77. The number of carbonyl (C=O) groups excluding carboxylic acids is 2. The molecule has 1 N–H and O–H groups in total. The van der Waals surface area contributed by atoms with Crippen molar-refractivity contribution in [3.05, 3.63) is 131 Å². The maximum Gasteiger partial charge on any atom is 0.243 e. The van der Waals surface area contributed by atoms with Crippen LogP contribution in [-0.4, -0.2) is 69.0 Å². The number of hydrogen-bond donors (Lipinski definition) is 1. The standard InChI is InChI=1S/C36H41N3O6S/c1-44-32-18-14-28(15-19-32)22-23-37-36(41)34(24-29-10-6-4-7-11-29)39(26-31-16-20-33(45-2)21-17-31)35(40)27-38(46(3,42)43)25-30-12-8-5-9-13-30/h4-21,34H,22-27H2,1-3H3,(H,37,41). The van der Waals surface area contributed by atoms with E-state index in [9.17, 15) is 18.0 Å². The fraction of sp³-hybridized carbons (Fsp3) is 0.278. The average molecular weight is 644 g/mol. The third-order valence-corrected chi connectivity index (χ3v) is 8.83. The van der Waals surface area contributed by atoms with E-state index in [0.717, 1.165) is 38.6 Å². The van der Waals surface area contributed by atoms with E-state index in [4.69, 9.17) is 9.47 Å². The minimum absolute atomic E-state index is 0.0270. The van der Waals surface area contributed by atoms with Crippen LogP contribution in [0.15, 0.2) is 109 Å². The first-order chi connectivity index (χ1) is 22.2. The molecule has 1 unspecified atom stereocenters. The number of sulfonamides is 1. The fourth-order valence-electron chi connectivity index (χ4n) is 5.04. The molecule has 4 aromatic rings. The summed E-state index contributed by atoms with van der Waals surface area (Å²) in [5.74, 6) is 0.597. The van der Waals surface area contributed by atoms with Gasteiger partial charge in [0, 0.05) is 26.1 Å². The molecule has 0 aliphatic rings. The first kappa shape index (κ1) is 34.2. The summed E-state index contributed by atoms with van der Waals surface area (Å²) >= 11 is 0. The maximum atomic E-state index is 14.2. The van der Waals surface area contributed by atoms with Crippen LogP contribution in [0.2, 0.25) is 0 Å². The summed E-state index contributed by atoms with van der Waals surface area (Å²) in [6, 6.07) is 32.5. The van der Waals surface area contributed by atoms with Crippen LogP contribution in [0.5, 0.6) is 11.5 Å². The van der Waals surface area contributed by atoms with Crippen LogP contribution in [0.1, 0.15) is 22.3 Å². The van der Waals surface area contributed by atoms with Crippen molar-refractivity contribution in [3.63, 3.8) is 0 Å². The molecule has 9 nitrogen and oxygen atoms in total. The van der Waals surface area contributed by atoms with E-state index < -0.39 is 28.5 Å². The van der Waals surface area contributed by atoms with Gasteiger partial charge in [0.25, 0.3) is 0 Å². The predicted molar refractivity (Wildman–Crippen MR) is 179 cm³/mol. The Kier molecular flexibility index (Phi) is 12.3. The highest BCUT2D eigenvalue weighted by Gasteiger charge is 2.32. The van der Waals surface area contributed by atoms with Gasteiger partial charge in [0.05, 0.1) is 27.0 Å². The van der Waals surface area contributed by atoms with E-state index in [2.05, 4.69) is 5.32 Å². The van der Waals surface area contributed by atoms with Gasteiger partial charge in [0.1, 0.15) is 17.5 Å². The van der Waals surface area contributed by atoms with E-state index in [-0.39, 0.29) is 25.4 Å². The van der Waals surface area contributed by atoms with Crippen molar-refractivity contribution < 1.29 is 27.5 Å². The lowest BCUT2D eigenvalue weighted by atomic mass is 10.0. The molecular weight excluding hydrogens is 602 g/mol. The third-order valence-electron chi connectivity index (χ3n) is 7.64. The summed E-state index contributed by atoms with van der Waals surface area (Å²) in [6.45, 7) is 0.0488. The third kappa shape index (κ3) is 10.2. The summed E-state index contributed by atoms with van der Waals surface area (Å²) in [4.78, 5) is 29.7. The second-order valence-corrected chi connectivity index (χ2v) is 13.0. The molecule has 0 heterocycles. The molecule has 0 saturated carbocycles. The molecular formula is C36H41N3O6S. The SMILES string of the molecule is COc1ccc(CCNC(=O)C(Cc2ccccc2)N(Cc2ccc(OC)cc2)C(=O)CN(Cc2ccccc2)S(C)(=O)=O)cc1. The summed E-state index contributed by atoms with van der Waals surface area (Å²) in [7, 11) is -0.586. The molecule has 0 bridgehead atoms. The summed E-state index contributed by atoms with van der Waals surface area (Å²) in [5, 5.41) is 3.03. The largest absolute Gasteiger partial charge is 0.497 e. The molecule has 2 amide bonds. The van der Waals surface area contributed by atoms with Crippen molar-refractivity contribution >= 4 is 21.8 Å². The van der Waals surface area contributed by atoms with Crippen molar-refractivity contribution in [2.45, 2.75) is 32.0 Å². The molecule has 4 aromatic carbocycles. The van der Waals surface area contributed by atoms with Gasteiger partial charge < -0.3 is 19.7 Å². The van der Waals surface area contributed by atoms with Crippen molar-refractivity contribution in [2.24, 2.45) is 0 Å². The molecule has 0 radical (unpaired) electrons. The molecule has 4 rings (SSSR count). The molecule has 0 aliphatic carbocycles. The van der Waals surface area contributed by atoms with E-state index in [0.29, 0.717) is 18.7 Å². The first-order valence-corrected chi connectivity index (χ1v) is 16.9. The highest BCUT2D eigenvalue weighted by Crippen LogP contribution is 2.19. The highest BCUT2D eigenvalue weighted by atomic mass is 32.2. The van der Waals surface area contributed by atoms with E-state index in [1.54, 1.807) is 26.4 Å². The van der Waals surface area contributed by atoms with E-state index in [1.165, 1.54) is 4.90 Å². The lowest BCUT2D eigenvalue weighted by molar-refractivity contribution is -0.141. The zero-order valence-corrected chi connectivity index (χ0v) is 27.3. The first-order valence-electron chi connectivity index (χ1n) is 15.0. The second-order valence-electron chi connectivity index (χ2n) is 11.0. The number of rotatable bonds is 16. The monoisotopic (exact) mass is 643 g/mol. The Morgan fingerprint density at radius 3 is 1.72 bits per heavy atom. The van der Waals surface area contributed by atoms with Gasteiger partial charge in [0.15, 0.2) is 0 Å². The van der Waals surface area contributed by atoms with Gasteiger partial charge in [0.2, 0.25) is 21.8 Å². The van der Waals surface area contributed by atoms with Gasteiger partial charge in [-0.05, 0) is 52.9 Å². The molecule has 0 aliphatic heterocycles. The van der Waals surface area contributed by atoms with Gasteiger partial charge in [-0.3, -0.25) is 9.59 Å². The number of nitrogens with zero attached hydrogens (tertiary/aromatic N) is 2. The Bertz CT molecular complexity index is 1650. The topological polar surface area (TPSA) is 105 Å². The van der Waals surface area contributed by atoms with Crippen molar-refractivity contribution in [3.8, 4) is 11.5 Å². The molecule has 0 saturated heterocycles. The maximum absolute atomic E-state index is 14.2. The molecule has 0 spiro atoms. The van der Waals surface area contributed by atoms with Crippen molar-refractivity contribution in [1.82, 2.24) is 14.5 Å². The van der Waals surface area contributed by atoms with Gasteiger partial charge in [-0.1, -0.05) is 84.9 Å². The Labute approximate surface area is 271 Å². The van der Waals surface area contributed by atoms with Crippen LogP contribution in [0.25, 0.3) is 0 Å². The Hall–Kier alpha value is -4.67. The molecule has 10 heteroatoms. The van der Waals surface area contributed by atoms with Gasteiger partial charge in [-0.25, -0.2) is 8.42 Å². The predicted octanol–water partition coefficient (Wildman–Crippen LogP) is 4.46. The Balaban J connectivity index is 1.63. The van der Waals surface area contributed by atoms with Crippen LogP contribution >= 0.6 is 0 Å². The lowest BCUT2D eigenvalue weighted by Gasteiger charge is -2.33. The lowest BCUT2D eigenvalue weighted by Crippen LogP contribution is -2.53. The highest BCUT2D eigenvalue weighted by molar-refractivity contribution is 7.88. The molecule has 242 valence electrons. The number of methoxy groups -OCH3 is 2. The van der Waals surface area contributed by atoms with Crippen LogP contribution in [0, 0.1) is 0 Å². The average Bonchev–Trinajstić information content (AvgIpc) is 3.07. The van der Waals surface area contributed by atoms with E-state index >= 15 is 0 Å². The zero-order chi connectivity index (χ0) is 32.9. The van der Waals surface area contributed by atoms with Crippen molar-refractivity contribution in [2.75, 3.05) is 33.6 Å². The van der Waals surface area contributed by atoms with Crippen LogP contribution < -0.4 is 14.8 Å². The number of nitrogens with one attached hydrogen (secondary N) is 1. The van der Waals surface area contributed by atoms with E-state index in [1.807, 2.05) is 97.1 Å². The van der Waals surface area contributed by atoms with Crippen LogP contribution in [0.4, 0.5) is 0 Å². The summed E-state index contributed by atoms with van der Waals surface area (Å²) < 4.78 is 37.5. The Morgan fingerprint density at radius 2 is 1.20 bits per heavy atom. The molecule has 46 heavy (non-hydrogen) atoms. The Morgan fingerprint density at radius 1 is 0.696 bits per heavy atom. The number of benzene rings is 4. The zero-order valence-electron chi connectivity index (χ0n) is 26.5. The summed E-state index contributed by atoms with van der Waals surface area (Å²) in [5.41, 5.74) is 3.41.